The van der Waals surface area contributed by atoms with E-state index in [1.807, 2.05) is 6.92 Å². The molecular formula is C17H24FNO. The Balaban J connectivity index is 2.07. The molecule has 1 amide bonds. The van der Waals surface area contributed by atoms with Crippen LogP contribution in [-0.4, -0.2) is 23.9 Å². The van der Waals surface area contributed by atoms with Gasteiger partial charge in [0, 0.05) is 13.1 Å². The molecule has 3 heteroatoms. The molecule has 1 aromatic carbocycles. The first-order chi connectivity index (χ1) is 9.29. The summed E-state index contributed by atoms with van der Waals surface area (Å²) in [5, 5.41) is 0. The maximum Gasteiger partial charge on any atom is 0.256 e. The zero-order chi connectivity index (χ0) is 14.9. The molecule has 1 aliphatic heterocycles. The van der Waals surface area contributed by atoms with Gasteiger partial charge in [-0.1, -0.05) is 32.4 Å². The first-order valence-corrected chi connectivity index (χ1v) is 7.34. The van der Waals surface area contributed by atoms with Crippen molar-refractivity contribution in [2.24, 2.45) is 11.3 Å². The number of aryl methyl sites for hydroxylation is 1. The zero-order valence-electron chi connectivity index (χ0n) is 12.9. The third-order valence-corrected chi connectivity index (χ3v) is 4.36. The lowest BCUT2D eigenvalue weighted by molar-refractivity contribution is 0.0604. The van der Waals surface area contributed by atoms with Crippen LogP contribution in [0.2, 0.25) is 0 Å². The van der Waals surface area contributed by atoms with Gasteiger partial charge in [-0.25, -0.2) is 4.39 Å². The molecule has 1 heterocycles. The average molecular weight is 277 g/mol. The molecule has 2 nitrogen and oxygen atoms in total. The maximum atomic E-state index is 13.8. The van der Waals surface area contributed by atoms with Gasteiger partial charge in [0.1, 0.15) is 5.82 Å². The minimum Gasteiger partial charge on any atom is -0.339 e. The van der Waals surface area contributed by atoms with Crippen molar-refractivity contribution in [3.63, 3.8) is 0 Å². The molecule has 1 fully saturated rings. The number of nitrogens with zero attached hydrogens (tertiary/aromatic N) is 1. The summed E-state index contributed by atoms with van der Waals surface area (Å²) in [5.74, 6) is 0.0472. The van der Waals surface area contributed by atoms with Gasteiger partial charge < -0.3 is 4.90 Å². The van der Waals surface area contributed by atoms with Crippen LogP contribution in [0.15, 0.2) is 18.2 Å². The van der Waals surface area contributed by atoms with Crippen LogP contribution in [0.25, 0.3) is 0 Å². The molecule has 0 spiro atoms. The molecule has 0 unspecified atom stereocenters. The number of halogens is 1. The highest BCUT2D eigenvalue weighted by molar-refractivity contribution is 5.94. The van der Waals surface area contributed by atoms with Gasteiger partial charge >= 0.3 is 0 Å². The number of rotatable bonds is 1. The lowest BCUT2D eigenvalue weighted by atomic mass is 9.75. The fourth-order valence-electron chi connectivity index (χ4n) is 2.92. The van der Waals surface area contributed by atoms with E-state index in [2.05, 4.69) is 20.8 Å². The van der Waals surface area contributed by atoms with Gasteiger partial charge in [-0.3, -0.25) is 4.79 Å². The number of hydrogen-bond acceptors (Lipinski definition) is 1. The maximum absolute atomic E-state index is 13.8. The fraction of sp³-hybridized carbons (Fsp3) is 0.588. The Kier molecular flexibility index (Phi) is 4.17. The first kappa shape index (κ1) is 15.0. The summed E-state index contributed by atoms with van der Waals surface area (Å²) in [6.45, 7) is 10.1. The summed E-state index contributed by atoms with van der Waals surface area (Å²) < 4.78 is 13.8. The molecule has 0 radical (unpaired) electrons. The first-order valence-electron chi connectivity index (χ1n) is 7.34. The monoisotopic (exact) mass is 277 g/mol. The van der Waals surface area contributed by atoms with E-state index in [0.717, 1.165) is 31.5 Å². The van der Waals surface area contributed by atoms with Crippen molar-refractivity contribution < 1.29 is 9.18 Å². The summed E-state index contributed by atoms with van der Waals surface area (Å²) in [6.07, 6.45) is 2.01. The molecule has 0 aromatic heterocycles. The number of carbonyl (C=O) groups is 1. The number of carbonyl (C=O) groups excluding carboxylic acids is 1. The minimum atomic E-state index is -0.418. The minimum absolute atomic E-state index is 0.168. The summed E-state index contributed by atoms with van der Waals surface area (Å²) in [4.78, 5) is 14.2. The van der Waals surface area contributed by atoms with Crippen LogP contribution in [-0.2, 0) is 0 Å². The smallest absolute Gasteiger partial charge is 0.256 e. The van der Waals surface area contributed by atoms with E-state index in [1.165, 1.54) is 6.07 Å². The van der Waals surface area contributed by atoms with Crippen molar-refractivity contribution in [1.82, 2.24) is 4.90 Å². The average Bonchev–Trinajstić information content (AvgIpc) is 2.40. The Hall–Kier alpha value is -1.38. The quantitative estimate of drug-likeness (QED) is 0.759. The van der Waals surface area contributed by atoms with Crippen molar-refractivity contribution in [2.75, 3.05) is 13.1 Å². The third kappa shape index (κ3) is 3.20. The zero-order valence-corrected chi connectivity index (χ0v) is 12.9. The Morgan fingerprint density at radius 2 is 1.85 bits per heavy atom. The molecule has 110 valence electrons. The number of hydrogen-bond donors (Lipinski definition) is 0. The van der Waals surface area contributed by atoms with Crippen molar-refractivity contribution in [3.05, 3.63) is 35.1 Å². The highest BCUT2D eigenvalue weighted by atomic mass is 19.1. The molecular weight excluding hydrogens is 253 g/mol. The summed E-state index contributed by atoms with van der Waals surface area (Å²) in [7, 11) is 0. The summed E-state index contributed by atoms with van der Waals surface area (Å²) in [6, 6.07) is 4.72. The second-order valence-corrected chi connectivity index (χ2v) is 6.92. The summed E-state index contributed by atoms with van der Waals surface area (Å²) >= 11 is 0. The van der Waals surface area contributed by atoms with Crippen LogP contribution in [0.1, 0.15) is 49.5 Å². The van der Waals surface area contributed by atoms with E-state index in [1.54, 1.807) is 17.0 Å². The van der Waals surface area contributed by atoms with Gasteiger partial charge in [-0.2, -0.15) is 0 Å². The van der Waals surface area contributed by atoms with Crippen LogP contribution < -0.4 is 0 Å². The van der Waals surface area contributed by atoms with E-state index >= 15 is 0 Å². The standard InChI is InChI=1S/C17H24FNO/c1-12-5-6-15(18)14(11-12)16(20)19-9-7-13(8-10-19)17(2,3)4/h5-6,11,13H,7-10H2,1-4H3. The van der Waals surface area contributed by atoms with Crippen molar-refractivity contribution in [2.45, 2.75) is 40.5 Å². The van der Waals surface area contributed by atoms with Crippen LogP contribution in [0.5, 0.6) is 0 Å². The van der Waals surface area contributed by atoms with Crippen molar-refractivity contribution >= 4 is 5.91 Å². The number of benzene rings is 1. The Bertz CT molecular complexity index is 496. The van der Waals surface area contributed by atoms with Gasteiger partial charge in [0.15, 0.2) is 0 Å². The van der Waals surface area contributed by atoms with Gasteiger partial charge in [0.25, 0.3) is 5.91 Å². The molecule has 0 bridgehead atoms. The molecule has 0 aliphatic carbocycles. The Morgan fingerprint density at radius 3 is 2.40 bits per heavy atom. The Labute approximate surface area is 121 Å². The van der Waals surface area contributed by atoms with Crippen molar-refractivity contribution in [3.8, 4) is 0 Å². The molecule has 20 heavy (non-hydrogen) atoms. The van der Waals surface area contributed by atoms with Crippen LogP contribution in [0.4, 0.5) is 4.39 Å². The molecule has 0 atom stereocenters. The normalized spacial score (nSPS) is 17.4. The number of piperidine rings is 1. The summed E-state index contributed by atoms with van der Waals surface area (Å²) in [5.41, 5.74) is 1.41. The van der Waals surface area contributed by atoms with E-state index in [0.29, 0.717) is 5.92 Å². The molecule has 1 aromatic rings. The van der Waals surface area contributed by atoms with E-state index in [9.17, 15) is 9.18 Å². The number of amides is 1. The van der Waals surface area contributed by atoms with Gasteiger partial charge in [-0.15, -0.1) is 0 Å². The SMILES string of the molecule is Cc1ccc(F)c(C(=O)N2CCC(C(C)(C)C)CC2)c1. The van der Waals surface area contributed by atoms with Gasteiger partial charge in [-0.05, 0) is 43.2 Å². The van der Waals surface area contributed by atoms with Gasteiger partial charge in [0.05, 0.1) is 5.56 Å². The molecule has 0 N–H and O–H groups in total. The topological polar surface area (TPSA) is 20.3 Å². The second kappa shape index (κ2) is 5.55. The van der Waals surface area contributed by atoms with Crippen LogP contribution in [0.3, 0.4) is 0 Å². The lowest BCUT2D eigenvalue weighted by Gasteiger charge is -2.38. The van der Waals surface area contributed by atoms with Gasteiger partial charge in [0.2, 0.25) is 0 Å². The van der Waals surface area contributed by atoms with E-state index < -0.39 is 5.82 Å². The molecule has 1 saturated heterocycles. The highest BCUT2D eigenvalue weighted by Gasteiger charge is 2.31. The lowest BCUT2D eigenvalue weighted by Crippen LogP contribution is -2.41. The molecule has 1 aliphatic rings. The van der Waals surface area contributed by atoms with E-state index in [4.69, 9.17) is 0 Å². The van der Waals surface area contributed by atoms with Crippen LogP contribution in [0, 0.1) is 24.1 Å². The Morgan fingerprint density at radius 1 is 1.25 bits per heavy atom. The largest absolute Gasteiger partial charge is 0.339 e. The fourth-order valence-corrected chi connectivity index (χ4v) is 2.92. The van der Waals surface area contributed by atoms with E-state index in [-0.39, 0.29) is 16.9 Å². The van der Waals surface area contributed by atoms with Crippen LogP contribution >= 0.6 is 0 Å². The number of likely N-dealkylation sites (tertiary alicyclic amines) is 1. The highest BCUT2D eigenvalue weighted by Crippen LogP contribution is 2.34. The third-order valence-electron chi connectivity index (χ3n) is 4.36. The predicted octanol–water partition coefficient (Wildman–Crippen LogP) is 4.03. The predicted molar refractivity (Wildman–Crippen MR) is 79.2 cm³/mol. The molecule has 2 rings (SSSR count). The second-order valence-electron chi connectivity index (χ2n) is 6.92. The molecule has 0 saturated carbocycles. The van der Waals surface area contributed by atoms with Crippen molar-refractivity contribution in [1.29, 1.82) is 0 Å².